The van der Waals surface area contributed by atoms with Crippen molar-refractivity contribution in [3.63, 3.8) is 0 Å². The molecule has 0 aliphatic rings. The van der Waals surface area contributed by atoms with Gasteiger partial charge in [-0.2, -0.15) is 0 Å². The van der Waals surface area contributed by atoms with Gasteiger partial charge in [0.15, 0.2) is 17.5 Å². The number of hydrogen-bond donors (Lipinski definition) is 0. The lowest BCUT2D eigenvalue weighted by molar-refractivity contribution is 0.673. The van der Waals surface area contributed by atoms with Gasteiger partial charge in [-0.05, 0) is 67.0 Å². The summed E-state index contributed by atoms with van der Waals surface area (Å²) in [5, 5.41) is 11.2. The molecule has 4 heteroatoms. The van der Waals surface area contributed by atoms with Gasteiger partial charge in [0, 0.05) is 32.8 Å². The van der Waals surface area contributed by atoms with Crippen LogP contribution >= 0.6 is 0 Å². The molecule has 0 aliphatic carbocycles. The Balaban J connectivity index is 1.21. The molecule has 0 aliphatic heterocycles. The van der Waals surface area contributed by atoms with Gasteiger partial charge in [-0.15, -0.1) is 0 Å². The van der Waals surface area contributed by atoms with Crippen LogP contribution in [-0.2, 0) is 0 Å². The van der Waals surface area contributed by atoms with E-state index >= 15 is 0 Å². The summed E-state index contributed by atoms with van der Waals surface area (Å²) in [6.07, 6.45) is 0. The largest absolute Gasteiger partial charge is 0.455 e. The molecule has 9 aromatic carbocycles. The molecular formula is C49H29N3O. The fraction of sp³-hybridized carbons (Fsp3) is 0. The lowest BCUT2D eigenvalue weighted by atomic mass is 9.91. The van der Waals surface area contributed by atoms with Crippen LogP contribution < -0.4 is 0 Å². The van der Waals surface area contributed by atoms with Crippen LogP contribution in [0, 0.1) is 0 Å². The molecule has 246 valence electrons. The van der Waals surface area contributed by atoms with Crippen LogP contribution in [-0.4, -0.2) is 15.0 Å². The predicted octanol–water partition coefficient (Wildman–Crippen LogP) is 13.1. The summed E-state index contributed by atoms with van der Waals surface area (Å²) in [6, 6.07) is 61.6. The number of furan rings is 1. The Morgan fingerprint density at radius 3 is 1.64 bits per heavy atom. The van der Waals surface area contributed by atoms with E-state index in [0.29, 0.717) is 17.5 Å². The second-order valence-electron chi connectivity index (χ2n) is 13.5. The quantitative estimate of drug-likeness (QED) is 0.186. The van der Waals surface area contributed by atoms with Crippen LogP contribution in [0.3, 0.4) is 0 Å². The second kappa shape index (κ2) is 11.7. The van der Waals surface area contributed by atoms with E-state index in [9.17, 15) is 0 Å². The zero-order chi connectivity index (χ0) is 34.9. The molecule has 0 fully saturated rings. The highest BCUT2D eigenvalue weighted by Crippen LogP contribution is 2.44. The van der Waals surface area contributed by atoms with E-state index in [0.717, 1.165) is 71.1 Å². The molecule has 0 radical (unpaired) electrons. The molecule has 0 unspecified atom stereocenters. The molecule has 2 aromatic heterocycles. The molecule has 11 rings (SSSR count). The fourth-order valence-electron chi connectivity index (χ4n) is 8.01. The average Bonchev–Trinajstić information content (AvgIpc) is 3.62. The van der Waals surface area contributed by atoms with Crippen molar-refractivity contribution in [2.75, 3.05) is 0 Å². The Bertz CT molecular complexity index is 3240. The maximum Gasteiger partial charge on any atom is 0.164 e. The molecule has 11 aromatic rings. The fourth-order valence-corrected chi connectivity index (χ4v) is 8.01. The average molecular weight is 676 g/mol. The number of nitrogens with zero attached hydrogens (tertiary/aromatic N) is 3. The molecule has 0 N–H and O–H groups in total. The first-order valence-electron chi connectivity index (χ1n) is 17.9. The topological polar surface area (TPSA) is 51.8 Å². The monoisotopic (exact) mass is 675 g/mol. The van der Waals surface area contributed by atoms with Crippen LogP contribution in [0.4, 0.5) is 0 Å². The van der Waals surface area contributed by atoms with Crippen LogP contribution in [0.1, 0.15) is 0 Å². The molecule has 0 amide bonds. The Morgan fingerprint density at radius 2 is 0.868 bits per heavy atom. The van der Waals surface area contributed by atoms with E-state index in [-0.39, 0.29) is 0 Å². The third-order valence-electron chi connectivity index (χ3n) is 10.5. The molecular weight excluding hydrogens is 647 g/mol. The van der Waals surface area contributed by atoms with E-state index in [1.54, 1.807) is 0 Å². The Morgan fingerprint density at radius 1 is 0.321 bits per heavy atom. The van der Waals surface area contributed by atoms with Gasteiger partial charge in [0.05, 0.1) is 0 Å². The van der Waals surface area contributed by atoms with Crippen LogP contribution in [0.5, 0.6) is 0 Å². The van der Waals surface area contributed by atoms with Crippen LogP contribution in [0.15, 0.2) is 180 Å². The van der Waals surface area contributed by atoms with Crippen molar-refractivity contribution in [1.82, 2.24) is 15.0 Å². The van der Waals surface area contributed by atoms with Gasteiger partial charge < -0.3 is 4.42 Å². The Hall–Kier alpha value is -7.17. The number of rotatable bonds is 4. The van der Waals surface area contributed by atoms with Crippen molar-refractivity contribution >= 4 is 65.0 Å². The van der Waals surface area contributed by atoms with Gasteiger partial charge >= 0.3 is 0 Å². The lowest BCUT2D eigenvalue weighted by Gasteiger charge is -2.12. The minimum atomic E-state index is 0.597. The minimum Gasteiger partial charge on any atom is -0.455 e. The predicted molar refractivity (Wildman–Crippen MR) is 219 cm³/mol. The molecule has 4 nitrogen and oxygen atoms in total. The molecule has 0 saturated heterocycles. The summed E-state index contributed by atoms with van der Waals surface area (Å²) in [5.41, 5.74) is 6.77. The molecule has 0 spiro atoms. The maximum atomic E-state index is 6.77. The highest BCUT2D eigenvalue weighted by Gasteiger charge is 2.21. The lowest BCUT2D eigenvalue weighted by Crippen LogP contribution is -2.01. The summed E-state index contributed by atoms with van der Waals surface area (Å²) in [5.74, 6) is 1.84. The zero-order valence-electron chi connectivity index (χ0n) is 28.5. The van der Waals surface area contributed by atoms with Gasteiger partial charge in [0.2, 0.25) is 0 Å². The summed E-state index contributed by atoms with van der Waals surface area (Å²) in [7, 11) is 0. The van der Waals surface area contributed by atoms with Crippen molar-refractivity contribution in [3.8, 4) is 45.3 Å². The van der Waals surface area contributed by atoms with E-state index in [4.69, 9.17) is 19.4 Å². The molecule has 0 saturated carbocycles. The SMILES string of the molecule is c1ccc2cc(-c3nc(-c4cccc5ccccc45)nc(-c4cccc5oc6c7ccccc7c(-c7cccc8ccccc78)cc6c45)n3)ccc2c1. The molecule has 0 atom stereocenters. The van der Waals surface area contributed by atoms with Crippen molar-refractivity contribution in [3.05, 3.63) is 176 Å². The first kappa shape index (κ1) is 29.5. The van der Waals surface area contributed by atoms with Gasteiger partial charge in [-0.1, -0.05) is 158 Å². The normalized spacial score (nSPS) is 11.8. The summed E-state index contributed by atoms with van der Waals surface area (Å²) >= 11 is 0. The van der Waals surface area contributed by atoms with Gasteiger partial charge in [-0.25, -0.2) is 15.0 Å². The highest BCUT2D eigenvalue weighted by atomic mass is 16.3. The second-order valence-corrected chi connectivity index (χ2v) is 13.5. The summed E-state index contributed by atoms with van der Waals surface area (Å²) in [6.45, 7) is 0. The van der Waals surface area contributed by atoms with Crippen molar-refractivity contribution in [2.24, 2.45) is 0 Å². The van der Waals surface area contributed by atoms with Crippen LogP contribution in [0.2, 0.25) is 0 Å². The molecule has 2 heterocycles. The zero-order valence-corrected chi connectivity index (χ0v) is 28.5. The maximum absolute atomic E-state index is 6.77. The third kappa shape index (κ3) is 4.73. The van der Waals surface area contributed by atoms with Crippen molar-refractivity contribution < 1.29 is 4.42 Å². The number of fused-ring (bicyclic) bond motifs is 8. The van der Waals surface area contributed by atoms with Crippen LogP contribution in [0.25, 0.3) is 110 Å². The van der Waals surface area contributed by atoms with Crippen molar-refractivity contribution in [1.29, 1.82) is 0 Å². The Kier molecular flexibility index (Phi) is 6.52. The number of aromatic nitrogens is 3. The summed E-state index contributed by atoms with van der Waals surface area (Å²) < 4.78 is 6.77. The smallest absolute Gasteiger partial charge is 0.164 e. The standard InChI is InChI=1S/C49H29N3O/c1-2-15-33-28-34(27-26-30(33)12-1)47-50-48(40-23-10-17-32-14-4-6-19-36(32)40)52-49(51-47)41-24-11-25-44-45(41)43-29-42(38-20-7-8-21-39(38)46(43)53-44)37-22-9-16-31-13-3-5-18-35(31)37/h1-29H. The Labute approximate surface area is 304 Å². The minimum absolute atomic E-state index is 0.597. The highest BCUT2D eigenvalue weighted by molar-refractivity contribution is 6.23. The first-order valence-corrected chi connectivity index (χ1v) is 17.9. The first-order chi connectivity index (χ1) is 26.3. The van der Waals surface area contributed by atoms with E-state index < -0.39 is 0 Å². The summed E-state index contributed by atoms with van der Waals surface area (Å²) in [4.78, 5) is 15.7. The van der Waals surface area contributed by atoms with E-state index in [2.05, 4.69) is 164 Å². The van der Waals surface area contributed by atoms with E-state index in [1.165, 1.54) is 21.7 Å². The van der Waals surface area contributed by atoms with Gasteiger partial charge in [0.25, 0.3) is 0 Å². The van der Waals surface area contributed by atoms with Gasteiger partial charge in [-0.3, -0.25) is 0 Å². The molecule has 0 bridgehead atoms. The third-order valence-corrected chi connectivity index (χ3v) is 10.5. The van der Waals surface area contributed by atoms with E-state index in [1.807, 2.05) is 12.1 Å². The number of benzene rings is 9. The number of hydrogen-bond acceptors (Lipinski definition) is 4. The van der Waals surface area contributed by atoms with Gasteiger partial charge in [0.1, 0.15) is 11.2 Å². The van der Waals surface area contributed by atoms with Crippen molar-refractivity contribution in [2.45, 2.75) is 0 Å². The molecule has 53 heavy (non-hydrogen) atoms.